The lowest BCUT2D eigenvalue weighted by atomic mass is 10.2. The van der Waals surface area contributed by atoms with E-state index in [0.29, 0.717) is 0 Å². The second-order valence-corrected chi connectivity index (χ2v) is 3.42. The number of rotatable bonds is 3. The number of para-hydroxylation sites is 1. The first-order chi connectivity index (χ1) is 8.66. The maximum absolute atomic E-state index is 8.41. The average Bonchev–Trinajstić information content (AvgIpc) is 2.72. The minimum absolute atomic E-state index is 0.254. The lowest BCUT2D eigenvalue weighted by Crippen LogP contribution is -2.41. The molecule has 0 spiro atoms. The van der Waals surface area contributed by atoms with Crippen LogP contribution in [0, 0.1) is 0 Å². The summed E-state index contributed by atoms with van der Waals surface area (Å²) in [7, 11) is 0. The van der Waals surface area contributed by atoms with Gasteiger partial charge in [0, 0.05) is 28.0 Å². The number of hydrogen-bond acceptors (Lipinski definition) is 5. The molecule has 94 valence electrons. The number of aromatic nitrogens is 1. The number of nitrogens with two attached hydrogens (primary N) is 1. The third-order valence-corrected chi connectivity index (χ3v) is 2.20. The molecule has 0 saturated heterocycles. The fourth-order valence-electron chi connectivity index (χ4n) is 1.48. The van der Waals surface area contributed by atoms with E-state index in [-0.39, 0.29) is 11.3 Å². The maximum Gasteiger partial charge on any atom is 0.232 e. The van der Waals surface area contributed by atoms with E-state index in [0.717, 1.165) is 16.5 Å². The van der Waals surface area contributed by atoms with Crippen LogP contribution in [-0.4, -0.2) is 32.9 Å². The van der Waals surface area contributed by atoms with Gasteiger partial charge in [-0.1, -0.05) is 18.2 Å². The number of nitrogens with one attached hydrogen (secondary N) is 2. The lowest BCUT2D eigenvalue weighted by Gasteiger charge is -2.05. The van der Waals surface area contributed by atoms with E-state index in [1.165, 1.54) is 6.21 Å². The van der Waals surface area contributed by atoms with Crippen molar-refractivity contribution in [2.24, 2.45) is 15.9 Å². The summed E-state index contributed by atoms with van der Waals surface area (Å²) in [6.45, 7) is 0. The second-order valence-electron chi connectivity index (χ2n) is 3.42. The molecular weight excluding hydrogens is 236 g/mol. The molecule has 1 aromatic carbocycles. The van der Waals surface area contributed by atoms with Gasteiger partial charge < -0.3 is 10.7 Å². The summed E-state index contributed by atoms with van der Waals surface area (Å²) >= 11 is 0. The molecule has 2 aromatic rings. The molecule has 8 nitrogen and oxygen atoms in total. The number of nitrogens with zero attached hydrogens (tertiary/aromatic N) is 3. The van der Waals surface area contributed by atoms with Crippen molar-refractivity contribution in [2.75, 3.05) is 0 Å². The molecule has 2 rings (SSSR count). The Balaban J connectivity index is 2.14. The van der Waals surface area contributed by atoms with Gasteiger partial charge in [0.25, 0.3) is 0 Å². The zero-order valence-electron chi connectivity index (χ0n) is 9.28. The van der Waals surface area contributed by atoms with Crippen molar-refractivity contribution in [3.8, 4) is 0 Å². The van der Waals surface area contributed by atoms with Crippen molar-refractivity contribution in [3.63, 3.8) is 0 Å². The Labute approximate surface area is 102 Å². The van der Waals surface area contributed by atoms with Gasteiger partial charge in [0.2, 0.25) is 5.96 Å². The molecule has 1 heterocycles. The van der Waals surface area contributed by atoms with Gasteiger partial charge in [-0.2, -0.15) is 5.10 Å². The first kappa shape index (κ1) is 12.0. The normalized spacial score (nSPS) is 12.7. The van der Waals surface area contributed by atoms with Gasteiger partial charge in [0.05, 0.1) is 6.21 Å². The van der Waals surface area contributed by atoms with Crippen LogP contribution in [0.4, 0.5) is 0 Å². The van der Waals surface area contributed by atoms with Gasteiger partial charge in [0.15, 0.2) is 0 Å². The molecule has 0 saturated carbocycles. The van der Waals surface area contributed by atoms with Crippen LogP contribution in [0.5, 0.6) is 0 Å². The van der Waals surface area contributed by atoms with Crippen LogP contribution in [0.25, 0.3) is 10.9 Å². The van der Waals surface area contributed by atoms with E-state index in [1.807, 2.05) is 29.7 Å². The Bertz CT molecular complexity index is 589. The molecule has 0 amide bonds. The number of hydrogen-bond donors (Lipinski definition) is 5. The van der Waals surface area contributed by atoms with Crippen molar-refractivity contribution in [1.29, 1.82) is 0 Å². The highest BCUT2D eigenvalue weighted by atomic mass is 16.8. The molecule has 0 aliphatic carbocycles. The summed E-state index contributed by atoms with van der Waals surface area (Å²) in [5.74, 6) is -0.254. The molecule has 6 N–H and O–H groups in total. The minimum atomic E-state index is -0.306. The molecule has 18 heavy (non-hydrogen) atoms. The van der Waals surface area contributed by atoms with E-state index in [9.17, 15) is 0 Å². The zero-order valence-corrected chi connectivity index (χ0v) is 9.28. The summed E-state index contributed by atoms with van der Waals surface area (Å²) < 4.78 is 0. The number of aromatic amines is 1. The van der Waals surface area contributed by atoms with Crippen molar-refractivity contribution in [1.82, 2.24) is 15.7 Å². The third kappa shape index (κ3) is 2.83. The van der Waals surface area contributed by atoms with Crippen LogP contribution in [-0.2, 0) is 0 Å². The topological polar surface area (TPSA) is 122 Å². The fraction of sp³-hybridized carbons (Fsp3) is 0. The van der Waals surface area contributed by atoms with Crippen molar-refractivity contribution >= 4 is 23.1 Å². The van der Waals surface area contributed by atoms with Crippen LogP contribution in [0.1, 0.15) is 5.56 Å². The summed E-state index contributed by atoms with van der Waals surface area (Å²) in [5, 5.41) is 24.8. The molecule has 8 heteroatoms. The maximum atomic E-state index is 8.41. The molecule has 0 aliphatic heterocycles. The zero-order chi connectivity index (χ0) is 13.0. The molecule has 0 aliphatic rings. The quantitative estimate of drug-likeness (QED) is 0.306. The standard InChI is InChI=1S/C10H12N6O2/c11-10(15-16(17)18)14-13-6-7-5-12-9-4-2-1-3-8(7)9/h1-6,12,17-18H,(H3,11,14,15). The molecule has 0 fully saturated rings. The highest BCUT2D eigenvalue weighted by Crippen LogP contribution is 2.15. The van der Waals surface area contributed by atoms with Gasteiger partial charge in [-0.15, -0.1) is 5.10 Å². The molecule has 0 unspecified atom stereocenters. The third-order valence-electron chi connectivity index (χ3n) is 2.20. The molecular formula is C10H12N6O2. The first-order valence-electron chi connectivity index (χ1n) is 5.04. The van der Waals surface area contributed by atoms with Crippen LogP contribution in [0.3, 0.4) is 0 Å². The highest BCUT2D eigenvalue weighted by molar-refractivity contribution is 5.99. The van der Waals surface area contributed by atoms with Gasteiger partial charge in [-0.25, -0.2) is 5.43 Å². The molecule has 0 radical (unpaired) electrons. The highest BCUT2D eigenvalue weighted by Gasteiger charge is 1.99. The fourth-order valence-corrected chi connectivity index (χ4v) is 1.48. The molecule has 0 bridgehead atoms. The smallest absolute Gasteiger partial charge is 0.232 e. The monoisotopic (exact) mass is 248 g/mol. The van der Waals surface area contributed by atoms with Crippen molar-refractivity contribution in [2.45, 2.75) is 0 Å². The number of guanidine groups is 1. The second kappa shape index (κ2) is 5.27. The summed E-state index contributed by atoms with van der Waals surface area (Å²) in [5.41, 5.74) is 9.04. The van der Waals surface area contributed by atoms with Gasteiger partial charge in [-0.3, -0.25) is 10.4 Å². The number of H-pyrrole nitrogens is 1. The SMILES string of the molecule is NC(=NN=Cc1c[nH]c2ccccc12)NN(O)O. The number of benzene rings is 1. The average molecular weight is 248 g/mol. The summed E-state index contributed by atoms with van der Waals surface area (Å²) in [6.07, 6.45) is 3.30. The summed E-state index contributed by atoms with van der Waals surface area (Å²) in [6, 6.07) is 7.74. The van der Waals surface area contributed by atoms with E-state index in [4.69, 9.17) is 16.1 Å². The minimum Gasteiger partial charge on any atom is -0.367 e. The van der Waals surface area contributed by atoms with Crippen molar-refractivity contribution in [3.05, 3.63) is 36.0 Å². The van der Waals surface area contributed by atoms with Crippen LogP contribution >= 0.6 is 0 Å². The van der Waals surface area contributed by atoms with Gasteiger partial charge in [-0.05, 0) is 6.07 Å². The largest absolute Gasteiger partial charge is 0.367 e. The van der Waals surface area contributed by atoms with Crippen LogP contribution in [0.15, 0.2) is 40.7 Å². The van der Waals surface area contributed by atoms with E-state index < -0.39 is 0 Å². The van der Waals surface area contributed by atoms with Gasteiger partial charge in [0.1, 0.15) is 0 Å². The Morgan fingerprint density at radius 1 is 1.39 bits per heavy atom. The molecule has 1 aromatic heterocycles. The first-order valence-corrected chi connectivity index (χ1v) is 5.04. The lowest BCUT2D eigenvalue weighted by molar-refractivity contribution is -0.329. The summed E-state index contributed by atoms with van der Waals surface area (Å²) in [4.78, 5) is 3.08. The predicted octanol–water partition coefficient (Wildman–Crippen LogP) is 0.402. The van der Waals surface area contributed by atoms with Gasteiger partial charge >= 0.3 is 0 Å². The Morgan fingerprint density at radius 3 is 2.94 bits per heavy atom. The Kier molecular flexibility index (Phi) is 3.53. The Morgan fingerprint density at radius 2 is 2.17 bits per heavy atom. The van der Waals surface area contributed by atoms with Crippen LogP contribution in [0.2, 0.25) is 0 Å². The van der Waals surface area contributed by atoms with E-state index in [2.05, 4.69) is 15.2 Å². The van der Waals surface area contributed by atoms with Crippen LogP contribution < -0.4 is 11.2 Å². The van der Waals surface area contributed by atoms with E-state index in [1.54, 1.807) is 6.20 Å². The Hall–Kier alpha value is -2.42. The predicted molar refractivity (Wildman–Crippen MR) is 66.1 cm³/mol. The van der Waals surface area contributed by atoms with E-state index >= 15 is 0 Å². The molecule has 0 atom stereocenters. The number of fused-ring (bicyclic) bond motifs is 1. The number of hydrazine groups is 1. The van der Waals surface area contributed by atoms with Crippen molar-refractivity contribution < 1.29 is 10.4 Å².